The molecule has 3 unspecified atom stereocenters. The van der Waals surface area contributed by atoms with Crippen molar-refractivity contribution in [3.05, 3.63) is 22.3 Å². The molecule has 5 N–H and O–H groups in total. The molecule has 1 amide bonds. The van der Waals surface area contributed by atoms with E-state index < -0.39 is 41.1 Å². The van der Waals surface area contributed by atoms with Crippen LogP contribution in [-0.4, -0.2) is 57.0 Å². The molecule has 3 atom stereocenters. The van der Waals surface area contributed by atoms with Crippen molar-refractivity contribution < 1.29 is 59.0 Å². The predicted molar refractivity (Wildman–Crippen MR) is 93.7 cm³/mol. The first kappa shape index (κ1) is 22.5. The van der Waals surface area contributed by atoms with Crippen molar-refractivity contribution in [2.75, 3.05) is 11.5 Å². The number of anilines is 1. The first-order chi connectivity index (χ1) is 12.8. The van der Waals surface area contributed by atoms with Crippen molar-refractivity contribution in [3.8, 4) is 0 Å². The van der Waals surface area contributed by atoms with Gasteiger partial charge in [-0.25, -0.2) is 9.78 Å². The molecular formula is C14H14N5NaO6S2. The van der Waals surface area contributed by atoms with Crippen molar-refractivity contribution >= 4 is 51.8 Å². The van der Waals surface area contributed by atoms with E-state index in [0.29, 0.717) is 5.75 Å². The quantitative estimate of drug-likeness (QED) is 0.115. The minimum atomic E-state index is -1.58. The Morgan fingerprint density at radius 3 is 2.86 bits per heavy atom. The molecule has 2 aliphatic heterocycles. The van der Waals surface area contributed by atoms with Gasteiger partial charge in [0.1, 0.15) is 17.5 Å². The van der Waals surface area contributed by atoms with Crippen LogP contribution in [0, 0.1) is 0 Å². The molecule has 1 aromatic heterocycles. The number of hydrogen-bond donors (Lipinski definition) is 4. The molecule has 28 heavy (non-hydrogen) atoms. The van der Waals surface area contributed by atoms with Gasteiger partial charge >= 0.3 is 35.5 Å². The Balaban J connectivity index is 0.00000280. The SMILES string of the molecule is CC1OC(=O)C2=C1CSC(C(NC(=O)/C(=N\O)c1csc(N)n1)C(=O)[O-])N2.[Na+]. The number of carbonyl (C=O) groups is 3. The molecule has 14 heteroatoms. The minimum absolute atomic E-state index is 0. The average Bonchev–Trinajstić information content (AvgIpc) is 3.16. The van der Waals surface area contributed by atoms with Crippen LogP contribution in [0.25, 0.3) is 0 Å². The standard InChI is InChI=1S/C14H15N5O6S2.Na/c1-4-5-2-26-11(18-7(5)13(23)25-4)9(12(21)22)17-10(20)8(19-24)6-3-27-14(15)16-6;/h3-4,9,11,18,24H,2H2,1H3,(H2,15,16)(H,17,20)(H,21,22);/q;+1/p-1/b19-8-;. The van der Waals surface area contributed by atoms with Crippen LogP contribution < -0.4 is 51.0 Å². The van der Waals surface area contributed by atoms with Crippen LogP contribution in [0.3, 0.4) is 0 Å². The number of oxime groups is 1. The molecule has 2 aliphatic rings. The minimum Gasteiger partial charge on any atom is -0.548 e. The maximum absolute atomic E-state index is 12.4. The van der Waals surface area contributed by atoms with Gasteiger partial charge in [0.2, 0.25) is 0 Å². The van der Waals surface area contributed by atoms with Gasteiger partial charge in [0.15, 0.2) is 10.8 Å². The van der Waals surface area contributed by atoms with Crippen LogP contribution >= 0.6 is 23.1 Å². The van der Waals surface area contributed by atoms with Crippen molar-refractivity contribution in [3.63, 3.8) is 0 Å². The molecular weight excluding hydrogens is 421 g/mol. The second kappa shape index (κ2) is 9.13. The summed E-state index contributed by atoms with van der Waals surface area (Å²) in [4.78, 5) is 39.6. The molecule has 0 spiro atoms. The Kier molecular flexibility index (Phi) is 7.33. The summed E-state index contributed by atoms with van der Waals surface area (Å²) in [6, 6.07) is -1.52. The number of thioether (sulfide) groups is 1. The van der Waals surface area contributed by atoms with Crippen molar-refractivity contribution in [2.24, 2.45) is 5.16 Å². The molecule has 3 rings (SSSR count). The van der Waals surface area contributed by atoms with Crippen molar-refractivity contribution in [1.29, 1.82) is 0 Å². The van der Waals surface area contributed by atoms with Gasteiger partial charge in [-0.2, -0.15) is 0 Å². The number of ether oxygens (including phenoxy) is 1. The topological polar surface area (TPSA) is 179 Å². The molecule has 0 bridgehead atoms. The third kappa shape index (κ3) is 4.43. The number of hydrogen-bond acceptors (Lipinski definition) is 12. The molecule has 0 fully saturated rings. The Bertz CT molecular complexity index is 872. The molecule has 0 saturated carbocycles. The smallest absolute Gasteiger partial charge is 0.548 e. The predicted octanol–water partition coefficient (Wildman–Crippen LogP) is -5.00. The fourth-order valence-corrected chi connectivity index (χ4v) is 4.45. The van der Waals surface area contributed by atoms with Gasteiger partial charge in [0.05, 0.1) is 17.4 Å². The van der Waals surface area contributed by atoms with E-state index in [1.54, 1.807) is 6.92 Å². The number of aromatic nitrogens is 1. The van der Waals surface area contributed by atoms with Gasteiger partial charge in [0.25, 0.3) is 5.91 Å². The van der Waals surface area contributed by atoms with Crippen LogP contribution in [-0.2, 0) is 19.1 Å². The number of nitrogens with zero attached hydrogens (tertiary/aromatic N) is 2. The monoisotopic (exact) mass is 435 g/mol. The first-order valence-corrected chi connectivity index (χ1v) is 9.52. The number of carboxylic acid groups (broad SMARTS) is 1. The number of aliphatic carboxylic acids is 1. The van der Waals surface area contributed by atoms with Crippen LogP contribution in [0.4, 0.5) is 5.13 Å². The zero-order valence-electron chi connectivity index (χ0n) is 14.8. The van der Waals surface area contributed by atoms with Crippen LogP contribution in [0.2, 0.25) is 0 Å². The number of carboxylic acids is 1. The van der Waals surface area contributed by atoms with E-state index in [1.165, 1.54) is 17.1 Å². The Hall–Kier alpha value is -1.80. The number of thiazole rings is 1. The summed E-state index contributed by atoms with van der Waals surface area (Å²) in [6.45, 7) is 1.71. The van der Waals surface area contributed by atoms with Gasteiger partial charge in [-0.1, -0.05) is 5.16 Å². The van der Waals surface area contributed by atoms with E-state index in [-0.39, 0.29) is 46.1 Å². The van der Waals surface area contributed by atoms with Gasteiger partial charge in [0, 0.05) is 16.7 Å². The summed E-state index contributed by atoms with van der Waals surface area (Å²) >= 11 is 2.19. The van der Waals surface area contributed by atoms with Gasteiger partial charge in [-0.3, -0.25) is 4.79 Å². The maximum Gasteiger partial charge on any atom is 1.00 e. The largest absolute Gasteiger partial charge is 1.00 e. The summed E-state index contributed by atoms with van der Waals surface area (Å²) in [7, 11) is 0. The molecule has 0 saturated heterocycles. The molecule has 0 aliphatic carbocycles. The Morgan fingerprint density at radius 1 is 1.57 bits per heavy atom. The van der Waals surface area contributed by atoms with Crippen LogP contribution in [0.5, 0.6) is 0 Å². The third-order valence-electron chi connectivity index (χ3n) is 3.93. The zero-order chi connectivity index (χ0) is 19.7. The van der Waals surface area contributed by atoms with Gasteiger partial charge in [-0.05, 0) is 6.92 Å². The third-order valence-corrected chi connectivity index (χ3v) is 5.83. The van der Waals surface area contributed by atoms with Crippen molar-refractivity contribution in [2.45, 2.75) is 24.4 Å². The molecule has 3 heterocycles. The van der Waals surface area contributed by atoms with E-state index in [4.69, 9.17) is 15.7 Å². The number of esters is 1. The zero-order valence-corrected chi connectivity index (χ0v) is 18.4. The number of rotatable bonds is 5. The summed E-state index contributed by atoms with van der Waals surface area (Å²) in [5.41, 5.74) is 5.90. The van der Waals surface area contributed by atoms with Crippen LogP contribution in [0.15, 0.2) is 21.8 Å². The molecule has 0 radical (unpaired) electrons. The normalized spacial score (nSPS) is 22.5. The summed E-state index contributed by atoms with van der Waals surface area (Å²) in [5, 5.41) is 29.2. The van der Waals surface area contributed by atoms with Crippen molar-refractivity contribution in [1.82, 2.24) is 15.6 Å². The Labute approximate surface area is 189 Å². The number of carbonyl (C=O) groups excluding carboxylic acids is 3. The van der Waals surface area contributed by atoms with E-state index in [2.05, 4.69) is 20.8 Å². The van der Waals surface area contributed by atoms with E-state index >= 15 is 0 Å². The van der Waals surface area contributed by atoms with Gasteiger partial charge < -0.3 is 36.2 Å². The first-order valence-electron chi connectivity index (χ1n) is 7.59. The fourth-order valence-electron chi connectivity index (χ4n) is 2.59. The summed E-state index contributed by atoms with van der Waals surface area (Å²) in [5.74, 6) is -2.79. The van der Waals surface area contributed by atoms with Crippen LogP contribution in [0.1, 0.15) is 12.6 Å². The molecule has 11 nitrogen and oxygen atoms in total. The second-order valence-corrected chi connectivity index (χ2v) is 7.63. The number of nitrogens with one attached hydrogen (secondary N) is 2. The van der Waals surface area contributed by atoms with E-state index in [0.717, 1.165) is 16.9 Å². The second-order valence-electron chi connectivity index (χ2n) is 5.61. The Morgan fingerprint density at radius 2 is 2.29 bits per heavy atom. The molecule has 1 aromatic rings. The number of nitrogens with two attached hydrogens (primary N) is 1. The number of nitrogen functional groups attached to an aromatic ring is 1. The summed E-state index contributed by atoms with van der Waals surface area (Å²) in [6.07, 6.45) is -0.396. The summed E-state index contributed by atoms with van der Waals surface area (Å²) < 4.78 is 5.08. The van der Waals surface area contributed by atoms with E-state index in [9.17, 15) is 19.5 Å². The average molecular weight is 435 g/mol. The molecule has 144 valence electrons. The number of cyclic esters (lactones) is 1. The van der Waals surface area contributed by atoms with Gasteiger partial charge in [-0.15, -0.1) is 23.1 Å². The molecule has 0 aromatic carbocycles. The fraction of sp³-hybridized carbons (Fsp3) is 0.357. The van der Waals surface area contributed by atoms with E-state index in [1.807, 2.05) is 0 Å². The maximum atomic E-state index is 12.4. The number of amides is 1.